The van der Waals surface area contributed by atoms with E-state index >= 15 is 0 Å². The van der Waals surface area contributed by atoms with Gasteiger partial charge in [-0.1, -0.05) is 54.6 Å². The van der Waals surface area contributed by atoms with Crippen molar-refractivity contribution in [1.82, 2.24) is 5.32 Å². The zero-order valence-corrected chi connectivity index (χ0v) is 23.6. The van der Waals surface area contributed by atoms with Crippen molar-refractivity contribution < 1.29 is 24.2 Å². The number of fused-ring (bicyclic) bond motifs is 1. The molecule has 3 atom stereocenters. The lowest BCUT2D eigenvalue weighted by molar-refractivity contribution is -0.158. The molecule has 210 valence electrons. The van der Waals surface area contributed by atoms with Crippen molar-refractivity contribution in [3.8, 4) is 0 Å². The fourth-order valence-corrected chi connectivity index (χ4v) is 5.30. The predicted octanol–water partition coefficient (Wildman–Crippen LogP) is 6.61. The highest BCUT2D eigenvalue weighted by Gasteiger charge is 2.27. The normalized spacial score (nSPS) is 18.2. The van der Waals surface area contributed by atoms with Crippen LogP contribution in [0.3, 0.4) is 0 Å². The molecule has 1 aliphatic carbocycles. The molecule has 1 amide bonds. The highest BCUT2D eigenvalue weighted by molar-refractivity contribution is 5.97. The van der Waals surface area contributed by atoms with E-state index in [2.05, 4.69) is 54.7 Å². The summed E-state index contributed by atoms with van der Waals surface area (Å²) in [4.78, 5) is 41.7. The lowest BCUT2D eigenvalue weighted by atomic mass is 9.82. The van der Waals surface area contributed by atoms with Crippen molar-refractivity contribution in [3.05, 3.63) is 83.4 Å². The SMILES string of the molecule is C[C@@H](N=C1CCC[C@H](c2ccc(C(=O)NC(CC(=O)OC(C)(C)C)C(=O)O)cc2)C1)c1cccc2ccccc12. The second-order valence-electron chi connectivity index (χ2n) is 11.5. The van der Waals surface area contributed by atoms with Crippen LogP contribution in [0.2, 0.25) is 0 Å². The Morgan fingerprint density at radius 3 is 2.42 bits per heavy atom. The molecule has 7 heteroatoms. The number of ether oxygens (including phenoxy) is 1. The lowest BCUT2D eigenvalue weighted by Crippen LogP contribution is -2.43. The third kappa shape index (κ3) is 7.56. The van der Waals surface area contributed by atoms with Crippen LogP contribution in [-0.4, -0.2) is 40.3 Å². The van der Waals surface area contributed by atoms with Gasteiger partial charge in [0, 0.05) is 11.3 Å². The number of rotatable bonds is 8. The standard InChI is InChI=1S/C33H38N2O5/c1-21(27-14-8-10-23-9-5-6-13-28(23)27)34-26-12-7-11-25(19-26)22-15-17-24(18-16-22)31(37)35-29(32(38)39)20-30(36)40-33(2,3)4/h5-6,8-10,13-18,21,25,29H,7,11-12,19-20H2,1-4H3,(H,35,37)(H,38,39)/t21-,25+,29?/m1/s1. The largest absolute Gasteiger partial charge is 0.480 e. The highest BCUT2D eigenvalue weighted by Crippen LogP contribution is 2.34. The molecule has 40 heavy (non-hydrogen) atoms. The number of carboxylic acid groups (broad SMARTS) is 1. The zero-order valence-electron chi connectivity index (χ0n) is 23.6. The number of amides is 1. The summed E-state index contributed by atoms with van der Waals surface area (Å²) in [5.74, 6) is -2.21. The van der Waals surface area contributed by atoms with Gasteiger partial charge in [0.25, 0.3) is 5.91 Å². The molecule has 1 unspecified atom stereocenters. The number of esters is 1. The quantitative estimate of drug-likeness (QED) is 0.312. The Morgan fingerprint density at radius 1 is 1.02 bits per heavy atom. The highest BCUT2D eigenvalue weighted by atomic mass is 16.6. The van der Waals surface area contributed by atoms with Gasteiger partial charge in [0.1, 0.15) is 11.6 Å². The molecular weight excluding hydrogens is 504 g/mol. The van der Waals surface area contributed by atoms with Crippen molar-refractivity contribution in [3.63, 3.8) is 0 Å². The summed E-state index contributed by atoms with van der Waals surface area (Å²) in [7, 11) is 0. The van der Waals surface area contributed by atoms with E-state index in [1.165, 1.54) is 22.0 Å². The van der Waals surface area contributed by atoms with Crippen molar-refractivity contribution in [2.24, 2.45) is 4.99 Å². The number of aliphatic imine (C=N–C) groups is 1. The van der Waals surface area contributed by atoms with Gasteiger partial charge in [-0.25, -0.2) is 4.79 Å². The predicted molar refractivity (Wildman–Crippen MR) is 157 cm³/mol. The van der Waals surface area contributed by atoms with E-state index in [0.717, 1.165) is 31.2 Å². The molecule has 0 spiro atoms. The first-order valence-corrected chi connectivity index (χ1v) is 13.9. The van der Waals surface area contributed by atoms with Gasteiger partial charge in [0.05, 0.1) is 12.5 Å². The van der Waals surface area contributed by atoms with E-state index in [-0.39, 0.29) is 6.04 Å². The van der Waals surface area contributed by atoms with Gasteiger partial charge >= 0.3 is 11.9 Å². The number of aliphatic carboxylic acids is 1. The van der Waals surface area contributed by atoms with Crippen LogP contribution in [0.25, 0.3) is 10.8 Å². The Hall–Kier alpha value is -4.00. The molecule has 0 aromatic heterocycles. The molecular formula is C33H38N2O5. The first kappa shape index (κ1) is 29.0. The Labute approximate surface area is 235 Å². The summed E-state index contributed by atoms with van der Waals surface area (Å²) in [6.45, 7) is 7.26. The van der Waals surface area contributed by atoms with Crippen LogP contribution in [0.4, 0.5) is 0 Å². The van der Waals surface area contributed by atoms with Gasteiger partial charge < -0.3 is 15.2 Å². The number of nitrogens with zero attached hydrogens (tertiary/aromatic N) is 1. The molecule has 4 rings (SSSR count). The lowest BCUT2D eigenvalue weighted by Gasteiger charge is -2.25. The number of benzene rings is 3. The minimum absolute atomic E-state index is 0.0637. The second kappa shape index (κ2) is 12.5. The monoisotopic (exact) mass is 542 g/mol. The Morgan fingerprint density at radius 2 is 1.73 bits per heavy atom. The Kier molecular flexibility index (Phi) is 9.03. The van der Waals surface area contributed by atoms with Crippen LogP contribution in [-0.2, 0) is 14.3 Å². The van der Waals surface area contributed by atoms with Crippen LogP contribution in [0.5, 0.6) is 0 Å². The maximum absolute atomic E-state index is 12.8. The molecule has 1 fully saturated rings. The van der Waals surface area contributed by atoms with Gasteiger partial charge in [0.15, 0.2) is 0 Å². The third-order valence-electron chi connectivity index (χ3n) is 7.19. The average molecular weight is 543 g/mol. The van der Waals surface area contributed by atoms with Crippen molar-refractivity contribution in [1.29, 1.82) is 0 Å². The topological polar surface area (TPSA) is 105 Å². The second-order valence-corrected chi connectivity index (χ2v) is 11.5. The van der Waals surface area contributed by atoms with Crippen LogP contribution >= 0.6 is 0 Å². The summed E-state index contributed by atoms with van der Waals surface area (Å²) < 4.78 is 5.20. The fraction of sp³-hybridized carbons (Fsp3) is 0.394. The molecule has 1 saturated carbocycles. The molecule has 0 radical (unpaired) electrons. The van der Waals surface area contributed by atoms with Gasteiger partial charge in [-0.15, -0.1) is 0 Å². The molecule has 0 saturated heterocycles. The molecule has 3 aromatic rings. The maximum atomic E-state index is 12.8. The molecule has 1 aliphatic rings. The number of carbonyl (C=O) groups is 3. The number of hydrogen-bond donors (Lipinski definition) is 2. The Bertz CT molecular complexity index is 1400. The summed E-state index contributed by atoms with van der Waals surface area (Å²) in [5.41, 5.74) is 3.18. The molecule has 0 aliphatic heterocycles. The molecule has 0 heterocycles. The summed E-state index contributed by atoms with van der Waals surface area (Å²) in [6.07, 6.45) is 3.51. The van der Waals surface area contributed by atoms with Crippen molar-refractivity contribution in [2.45, 2.75) is 83.4 Å². The number of hydrogen-bond acceptors (Lipinski definition) is 5. The van der Waals surface area contributed by atoms with Crippen molar-refractivity contribution >= 4 is 34.3 Å². The fourth-order valence-electron chi connectivity index (χ4n) is 5.30. The molecule has 0 bridgehead atoms. The van der Waals surface area contributed by atoms with Crippen LogP contribution < -0.4 is 5.32 Å². The Balaban J connectivity index is 1.40. The van der Waals surface area contributed by atoms with E-state index in [4.69, 9.17) is 9.73 Å². The third-order valence-corrected chi connectivity index (χ3v) is 7.19. The number of nitrogens with one attached hydrogen (secondary N) is 1. The average Bonchev–Trinajstić information content (AvgIpc) is 2.91. The summed E-state index contributed by atoms with van der Waals surface area (Å²) >= 11 is 0. The minimum Gasteiger partial charge on any atom is -0.480 e. The van der Waals surface area contributed by atoms with Crippen LogP contribution in [0, 0.1) is 0 Å². The first-order chi connectivity index (χ1) is 19.0. The van der Waals surface area contributed by atoms with E-state index < -0.39 is 35.9 Å². The number of carboxylic acids is 1. The molecule has 7 nitrogen and oxygen atoms in total. The number of carbonyl (C=O) groups excluding carboxylic acids is 2. The maximum Gasteiger partial charge on any atom is 0.326 e. The first-order valence-electron chi connectivity index (χ1n) is 13.9. The van der Waals surface area contributed by atoms with E-state index in [9.17, 15) is 19.5 Å². The van der Waals surface area contributed by atoms with Crippen LogP contribution in [0.15, 0.2) is 71.7 Å². The zero-order chi connectivity index (χ0) is 28.9. The summed E-state index contributed by atoms with van der Waals surface area (Å²) in [5, 5.41) is 14.4. The van der Waals surface area contributed by atoms with E-state index in [0.29, 0.717) is 11.5 Å². The smallest absolute Gasteiger partial charge is 0.326 e. The van der Waals surface area contributed by atoms with Crippen molar-refractivity contribution in [2.75, 3.05) is 0 Å². The van der Waals surface area contributed by atoms with Gasteiger partial charge in [-0.3, -0.25) is 14.6 Å². The van der Waals surface area contributed by atoms with E-state index in [1.54, 1.807) is 32.9 Å². The molecule has 2 N–H and O–H groups in total. The van der Waals surface area contributed by atoms with Gasteiger partial charge in [-0.2, -0.15) is 0 Å². The van der Waals surface area contributed by atoms with Gasteiger partial charge in [0.2, 0.25) is 0 Å². The molecule has 3 aromatic carbocycles. The van der Waals surface area contributed by atoms with E-state index in [1.807, 2.05) is 12.1 Å². The minimum atomic E-state index is -1.37. The summed E-state index contributed by atoms with van der Waals surface area (Å²) in [6, 6.07) is 20.7. The van der Waals surface area contributed by atoms with Crippen LogP contribution in [0.1, 0.15) is 93.2 Å². The van der Waals surface area contributed by atoms with Gasteiger partial charge in [-0.05, 0) is 93.3 Å².